The number of hydrogen-bond acceptors (Lipinski definition) is 7. The summed E-state index contributed by atoms with van der Waals surface area (Å²) in [6, 6.07) is 8.37. The van der Waals surface area contributed by atoms with Crippen molar-refractivity contribution >= 4 is 46.9 Å². The van der Waals surface area contributed by atoms with Crippen LogP contribution >= 0.6 is 11.8 Å². The van der Waals surface area contributed by atoms with Crippen LogP contribution in [0.5, 0.6) is 0 Å². The number of amides is 3. The molecule has 1 saturated carbocycles. The van der Waals surface area contributed by atoms with Crippen LogP contribution in [0.25, 0.3) is 0 Å². The first-order chi connectivity index (χ1) is 21.9. The van der Waals surface area contributed by atoms with E-state index in [1.807, 2.05) is 32.9 Å². The second-order valence-electron chi connectivity index (χ2n) is 14.5. The lowest BCUT2D eigenvalue weighted by Crippen LogP contribution is -2.56. The highest BCUT2D eigenvalue weighted by atomic mass is 32.2. The van der Waals surface area contributed by atoms with Crippen LogP contribution < -0.4 is 20.6 Å². The van der Waals surface area contributed by atoms with Gasteiger partial charge in [-0.2, -0.15) is 18.7 Å². The van der Waals surface area contributed by atoms with Gasteiger partial charge in [-0.05, 0) is 94.7 Å². The molecule has 0 spiro atoms. The van der Waals surface area contributed by atoms with Gasteiger partial charge in [0.15, 0.2) is 0 Å². The highest BCUT2D eigenvalue weighted by Crippen LogP contribution is 2.52. The van der Waals surface area contributed by atoms with Gasteiger partial charge in [-0.15, -0.1) is 0 Å². The Morgan fingerprint density at radius 1 is 0.915 bits per heavy atom. The van der Waals surface area contributed by atoms with E-state index in [1.165, 1.54) is 11.0 Å². The summed E-state index contributed by atoms with van der Waals surface area (Å²) in [4.78, 5) is 50.0. The number of alkyl carbamates (subject to hydrolysis) is 1. The minimum Gasteiger partial charge on any atom is -0.444 e. The Morgan fingerprint density at radius 2 is 1.55 bits per heavy atom. The number of carbonyl (C=O) groups excluding carboxylic acids is 3. The molecule has 0 aromatic heterocycles. The van der Waals surface area contributed by atoms with Crippen LogP contribution in [0.4, 0.5) is 39.8 Å². The van der Waals surface area contributed by atoms with Crippen LogP contribution in [0, 0.1) is 10.8 Å². The lowest BCUT2D eigenvalue weighted by molar-refractivity contribution is -0.150. The average molecular weight is 677 g/mol. The monoisotopic (exact) mass is 676 g/mol. The molecular weight excluding hydrogens is 633 g/mol. The minimum atomic E-state index is -4.57. The SMILES string of the molecule is CC(C)(C)OC(=O)NC1CCCC(C(=O)NOC(=O)N2c3ccc(N4CCCC4)cc3Sc3cc(C(F)(F)F)ccc32)(C(C)(C)C)C1. The number of benzene rings is 2. The Balaban J connectivity index is 1.39. The minimum absolute atomic E-state index is 0.216. The molecule has 2 heterocycles. The Morgan fingerprint density at radius 3 is 2.17 bits per heavy atom. The molecule has 2 unspecified atom stereocenters. The molecule has 13 heteroatoms. The van der Waals surface area contributed by atoms with E-state index in [2.05, 4.69) is 15.7 Å². The third kappa shape index (κ3) is 7.44. The average Bonchev–Trinajstić information content (AvgIpc) is 3.51. The molecule has 2 fully saturated rings. The molecule has 5 rings (SSSR count). The molecule has 3 amide bonds. The van der Waals surface area contributed by atoms with Gasteiger partial charge in [0.25, 0.3) is 5.91 Å². The summed E-state index contributed by atoms with van der Waals surface area (Å²) in [5, 5.41) is 2.89. The van der Waals surface area contributed by atoms with E-state index in [-0.39, 0.29) is 16.6 Å². The highest BCUT2D eigenvalue weighted by Gasteiger charge is 2.52. The standard InChI is InChI=1S/C34H43F3N4O5S/c1-31(2,3)33(15-9-10-22(20-33)38-29(43)45-32(4,5)6)28(42)39-46-30(44)41-24-13-11-21(34(35,36)37)18-26(24)47-27-19-23(12-14-25(27)41)40-16-7-8-17-40/h11-14,18-19,22H,7-10,15-17,20H2,1-6H3,(H,38,43)(H,39,42). The molecule has 0 bridgehead atoms. The van der Waals surface area contributed by atoms with Gasteiger partial charge in [-0.1, -0.05) is 39.0 Å². The number of rotatable bonds is 3. The Kier molecular flexibility index (Phi) is 9.44. The molecular formula is C34H43F3N4O5S. The molecule has 47 heavy (non-hydrogen) atoms. The van der Waals surface area contributed by atoms with Crippen LogP contribution in [-0.2, 0) is 20.5 Å². The van der Waals surface area contributed by atoms with Crippen molar-refractivity contribution in [3.8, 4) is 0 Å². The van der Waals surface area contributed by atoms with E-state index in [0.717, 1.165) is 55.5 Å². The molecule has 2 aromatic rings. The van der Waals surface area contributed by atoms with Crippen molar-refractivity contribution in [2.45, 2.75) is 108 Å². The highest BCUT2D eigenvalue weighted by molar-refractivity contribution is 7.99. The molecule has 2 aromatic carbocycles. The number of halogens is 3. The maximum atomic E-state index is 14.0. The topological polar surface area (TPSA) is 100 Å². The summed E-state index contributed by atoms with van der Waals surface area (Å²) in [5.74, 6) is -0.516. The summed E-state index contributed by atoms with van der Waals surface area (Å²) < 4.78 is 46.4. The van der Waals surface area contributed by atoms with Gasteiger partial charge < -0.3 is 19.8 Å². The number of carbonyl (C=O) groups is 3. The fourth-order valence-corrected chi connectivity index (χ4v) is 7.81. The predicted octanol–water partition coefficient (Wildman–Crippen LogP) is 8.58. The number of ether oxygens (including phenoxy) is 1. The maximum absolute atomic E-state index is 14.0. The molecule has 2 N–H and O–H groups in total. The van der Waals surface area contributed by atoms with Gasteiger partial charge in [-0.3, -0.25) is 4.79 Å². The first-order valence-electron chi connectivity index (χ1n) is 16.0. The van der Waals surface area contributed by atoms with Crippen molar-refractivity contribution in [2.75, 3.05) is 22.9 Å². The fraction of sp³-hybridized carbons (Fsp3) is 0.559. The third-order valence-corrected chi connectivity index (χ3v) is 10.3. The van der Waals surface area contributed by atoms with Crippen LogP contribution in [0.3, 0.4) is 0 Å². The Labute approximate surface area is 277 Å². The first kappa shape index (κ1) is 34.7. The van der Waals surface area contributed by atoms with Crippen LogP contribution in [0.1, 0.15) is 85.6 Å². The van der Waals surface area contributed by atoms with E-state index in [1.54, 1.807) is 26.8 Å². The zero-order chi connectivity index (χ0) is 34.4. The lowest BCUT2D eigenvalue weighted by Gasteiger charge is -2.48. The van der Waals surface area contributed by atoms with Gasteiger partial charge in [0.1, 0.15) is 5.60 Å². The van der Waals surface area contributed by atoms with Crippen LogP contribution in [0.15, 0.2) is 46.2 Å². The van der Waals surface area contributed by atoms with Crippen molar-refractivity contribution in [3.63, 3.8) is 0 Å². The zero-order valence-corrected chi connectivity index (χ0v) is 28.5. The normalized spacial score (nSPS) is 21.4. The summed E-state index contributed by atoms with van der Waals surface area (Å²) in [6.07, 6.45) is -1.90. The fourth-order valence-electron chi connectivity index (χ4n) is 6.68. The van der Waals surface area contributed by atoms with Crippen molar-refractivity contribution in [3.05, 3.63) is 42.0 Å². The number of alkyl halides is 3. The molecule has 2 aliphatic heterocycles. The van der Waals surface area contributed by atoms with Gasteiger partial charge in [-0.25, -0.2) is 14.5 Å². The molecule has 0 radical (unpaired) electrons. The first-order valence-corrected chi connectivity index (χ1v) is 16.8. The Bertz CT molecular complexity index is 1530. The second kappa shape index (κ2) is 12.8. The van der Waals surface area contributed by atoms with Gasteiger partial charge in [0.2, 0.25) is 0 Å². The van der Waals surface area contributed by atoms with Gasteiger partial charge in [0.05, 0.1) is 22.4 Å². The number of nitrogens with zero attached hydrogens (tertiary/aromatic N) is 2. The molecule has 2 atom stereocenters. The predicted molar refractivity (Wildman–Crippen MR) is 174 cm³/mol. The Hall–Kier alpha value is -3.61. The van der Waals surface area contributed by atoms with E-state index >= 15 is 0 Å². The quantitative estimate of drug-likeness (QED) is 0.314. The van der Waals surface area contributed by atoms with Gasteiger partial charge in [0, 0.05) is 34.6 Å². The summed E-state index contributed by atoms with van der Waals surface area (Å²) in [6.45, 7) is 12.8. The van der Waals surface area contributed by atoms with E-state index in [9.17, 15) is 27.6 Å². The maximum Gasteiger partial charge on any atom is 0.443 e. The number of anilines is 3. The van der Waals surface area contributed by atoms with Crippen molar-refractivity contribution < 1.29 is 37.1 Å². The number of nitrogens with one attached hydrogen (secondary N) is 2. The molecule has 3 aliphatic rings. The van der Waals surface area contributed by atoms with E-state index < -0.39 is 46.3 Å². The summed E-state index contributed by atoms with van der Waals surface area (Å²) in [5.41, 5.74) is 0.865. The van der Waals surface area contributed by atoms with Crippen LogP contribution in [-0.4, -0.2) is 42.8 Å². The second-order valence-corrected chi connectivity index (χ2v) is 15.6. The summed E-state index contributed by atoms with van der Waals surface area (Å²) in [7, 11) is 0. The van der Waals surface area contributed by atoms with Crippen molar-refractivity contribution in [1.82, 2.24) is 10.8 Å². The molecule has 1 saturated heterocycles. The van der Waals surface area contributed by atoms with Gasteiger partial charge >= 0.3 is 18.4 Å². The van der Waals surface area contributed by atoms with Crippen molar-refractivity contribution in [1.29, 1.82) is 0 Å². The number of hydrogen-bond donors (Lipinski definition) is 2. The molecule has 1 aliphatic carbocycles. The zero-order valence-electron chi connectivity index (χ0n) is 27.7. The number of fused-ring (bicyclic) bond motifs is 2. The van der Waals surface area contributed by atoms with E-state index in [0.29, 0.717) is 36.3 Å². The lowest BCUT2D eigenvalue weighted by atomic mass is 9.58. The molecule has 9 nitrogen and oxygen atoms in total. The van der Waals surface area contributed by atoms with E-state index in [4.69, 9.17) is 9.57 Å². The molecule has 256 valence electrons. The van der Waals surface area contributed by atoms with Crippen molar-refractivity contribution in [2.24, 2.45) is 10.8 Å². The largest absolute Gasteiger partial charge is 0.444 e. The van der Waals surface area contributed by atoms with Crippen LogP contribution in [0.2, 0.25) is 0 Å². The number of hydroxylamine groups is 1. The smallest absolute Gasteiger partial charge is 0.443 e. The summed E-state index contributed by atoms with van der Waals surface area (Å²) >= 11 is 1.16. The third-order valence-electron chi connectivity index (χ3n) is 9.16.